The molecular weight excluding hydrogens is 342 g/mol. The van der Waals surface area contributed by atoms with Gasteiger partial charge in [0.25, 0.3) is 5.91 Å². The molecule has 0 saturated carbocycles. The molecule has 0 unspecified atom stereocenters. The van der Waals surface area contributed by atoms with Gasteiger partial charge in [-0.2, -0.15) is 0 Å². The van der Waals surface area contributed by atoms with Gasteiger partial charge in [0.05, 0.1) is 13.2 Å². The van der Waals surface area contributed by atoms with Crippen LogP contribution in [0.3, 0.4) is 0 Å². The minimum Gasteiger partial charge on any atom is -0.494 e. The molecule has 0 atom stereocenters. The van der Waals surface area contributed by atoms with Crippen molar-refractivity contribution in [3.05, 3.63) is 54.1 Å². The second-order valence-electron chi connectivity index (χ2n) is 6.11. The molecule has 0 aliphatic carbocycles. The van der Waals surface area contributed by atoms with Crippen molar-refractivity contribution in [2.75, 3.05) is 30.3 Å². The van der Waals surface area contributed by atoms with Gasteiger partial charge in [0, 0.05) is 29.5 Å². The van der Waals surface area contributed by atoms with Gasteiger partial charge in [0.1, 0.15) is 5.75 Å². The maximum Gasteiger partial charge on any atom is 0.251 e. The van der Waals surface area contributed by atoms with Crippen LogP contribution in [0.1, 0.15) is 37.0 Å². The van der Waals surface area contributed by atoms with Crippen molar-refractivity contribution in [2.45, 2.75) is 26.7 Å². The molecule has 3 N–H and O–H groups in total. The molecular formula is C21H27N3O3. The van der Waals surface area contributed by atoms with Crippen molar-refractivity contribution in [3.8, 4) is 5.75 Å². The van der Waals surface area contributed by atoms with Gasteiger partial charge >= 0.3 is 0 Å². The van der Waals surface area contributed by atoms with E-state index in [1.165, 1.54) is 0 Å². The molecule has 0 fully saturated rings. The lowest BCUT2D eigenvalue weighted by Gasteiger charge is -2.10. The van der Waals surface area contributed by atoms with Gasteiger partial charge in [-0.3, -0.25) is 9.59 Å². The molecule has 144 valence electrons. The van der Waals surface area contributed by atoms with Crippen LogP contribution in [0.25, 0.3) is 0 Å². The summed E-state index contributed by atoms with van der Waals surface area (Å²) in [5, 5.41) is 8.71. The Kier molecular flexibility index (Phi) is 8.16. The lowest BCUT2D eigenvalue weighted by Crippen LogP contribution is -2.24. The van der Waals surface area contributed by atoms with Crippen molar-refractivity contribution in [2.24, 2.45) is 0 Å². The molecule has 0 bridgehead atoms. The predicted molar refractivity (Wildman–Crippen MR) is 108 cm³/mol. The molecule has 0 radical (unpaired) electrons. The Hall–Kier alpha value is -3.02. The SMILES string of the molecule is CCCNC(=O)c1ccc(NCC(=O)Nc2cccc(OCCC)c2)cc1. The van der Waals surface area contributed by atoms with E-state index in [0.717, 1.165) is 24.3 Å². The summed E-state index contributed by atoms with van der Waals surface area (Å²) in [7, 11) is 0. The Labute approximate surface area is 160 Å². The molecule has 2 aromatic carbocycles. The summed E-state index contributed by atoms with van der Waals surface area (Å²) in [6.45, 7) is 5.48. The first-order chi connectivity index (χ1) is 13.1. The summed E-state index contributed by atoms with van der Waals surface area (Å²) in [6, 6.07) is 14.4. The zero-order chi connectivity index (χ0) is 19.5. The third-order valence-electron chi connectivity index (χ3n) is 3.73. The molecule has 2 aromatic rings. The number of amides is 2. The van der Waals surface area contributed by atoms with Crippen LogP contribution in [0.5, 0.6) is 5.75 Å². The first-order valence-electron chi connectivity index (χ1n) is 9.27. The van der Waals surface area contributed by atoms with Crippen LogP contribution < -0.4 is 20.7 Å². The predicted octanol–water partition coefficient (Wildman–Crippen LogP) is 3.67. The molecule has 6 nitrogen and oxygen atoms in total. The summed E-state index contributed by atoms with van der Waals surface area (Å²) < 4.78 is 5.56. The molecule has 6 heteroatoms. The van der Waals surface area contributed by atoms with Crippen molar-refractivity contribution in [3.63, 3.8) is 0 Å². The molecule has 0 spiro atoms. The van der Waals surface area contributed by atoms with E-state index in [4.69, 9.17) is 4.74 Å². The highest BCUT2D eigenvalue weighted by Crippen LogP contribution is 2.17. The zero-order valence-electron chi connectivity index (χ0n) is 15.9. The fourth-order valence-electron chi connectivity index (χ4n) is 2.35. The second-order valence-corrected chi connectivity index (χ2v) is 6.11. The van der Waals surface area contributed by atoms with Crippen molar-refractivity contribution in [1.82, 2.24) is 5.32 Å². The normalized spacial score (nSPS) is 10.1. The topological polar surface area (TPSA) is 79.5 Å². The average molecular weight is 369 g/mol. The molecule has 2 rings (SSSR count). The highest BCUT2D eigenvalue weighted by molar-refractivity contribution is 5.95. The molecule has 0 aliphatic heterocycles. The fraction of sp³-hybridized carbons (Fsp3) is 0.333. The standard InChI is InChI=1S/C21H27N3O3/c1-3-12-22-21(26)16-8-10-17(11-9-16)23-15-20(25)24-18-6-5-7-19(14-18)27-13-4-2/h5-11,14,23H,3-4,12-13,15H2,1-2H3,(H,22,26)(H,24,25). The van der Waals surface area contributed by atoms with Crippen LogP contribution >= 0.6 is 0 Å². The van der Waals surface area contributed by atoms with Gasteiger partial charge in [-0.25, -0.2) is 0 Å². The van der Waals surface area contributed by atoms with Gasteiger partial charge in [-0.15, -0.1) is 0 Å². The van der Waals surface area contributed by atoms with E-state index in [-0.39, 0.29) is 18.4 Å². The average Bonchev–Trinajstić information content (AvgIpc) is 2.69. The van der Waals surface area contributed by atoms with Crippen LogP contribution in [0.4, 0.5) is 11.4 Å². The molecule has 0 aliphatic rings. The van der Waals surface area contributed by atoms with E-state index in [1.54, 1.807) is 30.3 Å². The molecule has 27 heavy (non-hydrogen) atoms. The van der Waals surface area contributed by atoms with E-state index < -0.39 is 0 Å². The lowest BCUT2D eigenvalue weighted by molar-refractivity contribution is -0.114. The maximum atomic E-state index is 12.1. The van der Waals surface area contributed by atoms with Crippen LogP contribution in [-0.4, -0.2) is 31.5 Å². The lowest BCUT2D eigenvalue weighted by atomic mass is 10.2. The van der Waals surface area contributed by atoms with E-state index >= 15 is 0 Å². The molecule has 0 saturated heterocycles. The smallest absolute Gasteiger partial charge is 0.251 e. The van der Waals surface area contributed by atoms with Gasteiger partial charge in [-0.05, 0) is 49.2 Å². The highest BCUT2D eigenvalue weighted by atomic mass is 16.5. The van der Waals surface area contributed by atoms with Crippen LogP contribution in [0.15, 0.2) is 48.5 Å². The highest BCUT2D eigenvalue weighted by Gasteiger charge is 2.06. The van der Waals surface area contributed by atoms with E-state index in [1.807, 2.05) is 32.0 Å². The quantitative estimate of drug-likeness (QED) is 0.597. The molecule has 2 amide bonds. The Morgan fingerprint density at radius 2 is 1.74 bits per heavy atom. The summed E-state index contributed by atoms with van der Waals surface area (Å²) in [5.41, 5.74) is 2.07. The molecule has 0 heterocycles. The van der Waals surface area contributed by atoms with E-state index in [9.17, 15) is 9.59 Å². The van der Waals surface area contributed by atoms with Crippen molar-refractivity contribution < 1.29 is 14.3 Å². The number of carbonyl (C=O) groups is 2. The Bertz CT molecular complexity index is 745. The Balaban J connectivity index is 1.82. The number of hydrogen-bond acceptors (Lipinski definition) is 4. The van der Waals surface area contributed by atoms with Crippen molar-refractivity contribution >= 4 is 23.2 Å². The summed E-state index contributed by atoms with van der Waals surface area (Å²) >= 11 is 0. The zero-order valence-corrected chi connectivity index (χ0v) is 15.9. The number of ether oxygens (including phenoxy) is 1. The second kappa shape index (κ2) is 10.9. The summed E-state index contributed by atoms with van der Waals surface area (Å²) in [5.74, 6) is 0.485. The number of hydrogen-bond donors (Lipinski definition) is 3. The largest absolute Gasteiger partial charge is 0.494 e. The minimum atomic E-state index is -0.160. The number of benzene rings is 2. The van der Waals surface area contributed by atoms with Crippen LogP contribution in [0, 0.1) is 0 Å². The monoisotopic (exact) mass is 369 g/mol. The third kappa shape index (κ3) is 7.01. The first-order valence-corrected chi connectivity index (χ1v) is 9.27. The Morgan fingerprint density at radius 3 is 2.44 bits per heavy atom. The van der Waals surface area contributed by atoms with Crippen LogP contribution in [0.2, 0.25) is 0 Å². The van der Waals surface area contributed by atoms with Gasteiger partial charge in [0.2, 0.25) is 5.91 Å². The molecule has 0 aromatic heterocycles. The van der Waals surface area contributed by atoms with Gasteiger partial charge in [0.15, 0.2) is 0 Å². The third-order valence-corrected chi connectivity index (χ3v) is 3.73. The van der Waals surface area contributed by atoms with E-state index in [2.05, 4.69) is 16.0 Å². The van der Waals surface area contributed by atoms with Crippen LogP contribution in [-0.2, 0) is 4.79 Å². The Morgan fingerprint density at radius 1 is 0.963 bits per heavy atom. The number of rotatable bonds is 10. The number of carbonyl (C=O) groups excluding carboxylic acids is 2. The van der Waals surface area contributed by atoms with Gasteiger partial charge < -0.3 is 20.7 Å². The van der Waals surface area contributed by atoms with E-state index in [0.29, 0.717) is 24.4 Å². The van der Waals surface area contributed by atoms with Crippen molar-refractivity contribution in [1.29, 1.82) is 0 Å². The summed E-state index contributed by atoms with van der Waals surface area (Å²) in [4.78, 5) is 24.0. The fourth-order valence-corrected chi connectivity index (χ4v) is 2.35. The van der Waals surface area contributed by atoms with Gasteiger partial charge in [-0.1, -0.05) is 19.9 Å². The maximum absolute atomic E-state index is 12.1. The minimum absolute atomic E-state index is 0.0914. The number of anilines is 2. The summed E-state index contributed by atoms with van der Waals surface area (Å²) in [6.07, 6.45) is 1.83. The number of nitrogens with one attached hydrogen (secondary N) is 3. The first kappa shape index (κ1) is 20.3.